The SMILES string of the molecule is c1ccc(-c2ccc3c(c2)Oc2cccc4c2N3c2ccc(-c3ccc(-c5cccc6ccccc56)cc3)cc2O4)cc1. The lowest BCUT2D eigenvalue weighted by Gasteiger charge is -2.38. The fraction of sp³-hybridized carbons (Fsp3) is 0. The number of hydrogen-bond acceptors (Lipinski definition) is 3. The molecule has 0 N–H and O–H groups in total. The molecule has 0 fully saturated rings. The zero-order valence-corrected chi connectivity index (χ0v) is 23.2. The molecule has 2 aliphatic rings. The van der Waals surface area contributed by atoms with Crippen LogP contribution in [-0.2, 0) is 0 Å². The van der Waals surface area contributed by atoms with Crippen molar-refractivity contribution in [1.29, 1.82) is 0 Å². The van der Waals surface area contributed by atoms with Crippen molar-refractivity contribution < 1.29 is 9.47 Å². The van der Waals surface area contributed by atoms with Gasteiger partial charge in [-0.15, -0.1) is 0 Å². The Kier molecular flexibility index (Phi) is 5.20. The second kappa shape index (κ2) is 9.37. The normalized spacial score (nSPS) is 12.5. The lowest BCUT2D eigenvalue weighted by Crippen LogP contribution is -2.20. The Hall–Kier alpha value is -5.80. The van der Waals surface area contributed by atoms with E-state index in [0.717, 1.165) is 62.3 Å². The maximum atomic E-state index is 6.51. The maximum Gasteiger partial charge on any atom is 0.155 e. The monoisotopic (exact) mass is 551 g/mol. The number of para-hydroxylation sites is 1. The van der Waals surface area contributed by atoms with Crippen LogP contribution in [0.15, 0.2) is 152 Å². The van der Waals surface area contributed by atoms with Crippen molar-refractivity contribution >= 4 is 27.8 Å². The molecule has 0 bridgehead atoms. The number of fused-ring (bicyclic) bond motifs is 5. The van der Waals surface area contributed by atoms with Crippen LogP contribution in [0.3, 0.4) is 0 Å². The van der Waals surface area contributed by atoms with Crippen LogP contribution in [0.5, 0.6) is 23.0 Å². The number of ether oxygens (including phenoxy) is 2. The predicted octanol–water partition coefficient (Wildman–Crippen LogP) is 11.5. The smallest absolute Gasteiger partial charge is 0.155 e. The average molecular weight is 552 g/mol. The molecule has 0 saturated heterocycles. The zero-order valence-electron chi connectivity index (χ0n) is 23.2. The molecule has 0 aliphatic carbocycles. The second-order valence-corrected chi connectivity index (χ2v) is 11.0. The van der Waals surface area contributed by atoms with Crippen molar-refractivity contribution in [3.63, 3.8) is 0 Å². The highest BCUT2D eigenvalue weighted by Gasteiger charge is 2.34. The Morgan fingerprint density at radius 1 is 0.372 bits per heavy atom. The van der Waals surface area contributed by atoms with Gasteiger partial charge in [0.25, 0.3) is 0 Å². The van der Waals surface area contributed by atoms with Crippen LogP contribution in [0.25, 0.3) is 44.2 Å². The summed E-state index contributed by atoms with van der Waals surface area (Å²) in [6, 6.07) is 53.1. The molecule has 0 unspecified atom stereocenters. The maximum absolute atomic E-state index is 6.51. The van der Waals surface area contributed by atoms with Gasteiger partial charge in [0.15, 0.2) is 23.0 Å². The van der Waals surface area contributed by atoms with Crippen molar-refractivity contribution in [3.05, 3.63) is 152 Å². The van der Waals surface area contributed by atoms with E-state index in [1.165, 1.54) is 21.9 Å². The molecule has 3 heteroatoms. The minimum atomic E-state index is 0.784. The van der Waals surface area contributed by atoms with Gasteiger partial charge in [0.05, 0.1) is 11.4 Å². The number of benzene rings is 7. The summed E-state index contributed by atoms with van der Waals surface area (Å²) in [5, 5.41) is 2.51. The van der Waals surface area contributed by atoms with Gasteiger partial charge in [0.2, 0.25) is 0 Å². The molecule has 0 radical (unpaired) electrons. The summed E-state index contributed by atoms with van der Waals surface area (Å²) in [5.74, 6) is 3.22. The van der Waals surface area contributed by atoms with Crippen LogP contribution in [0, 0.1) is 0 Å². The van der Waals surface area contributed by atoms with E-state index in [0.29, 0.717) is 0 Å². The molecule has 0 amide bonds. The first-order chi connectivity index (χ1) is 21.3. The molecule has 43 heavy (non-hydrogen) atoms. The van der Waals surface area contributed by atoms with Gasteiger partial charge < -0.3 is 9.47 Å². The third kappa shape index (κ3) is 3.83. The van der Waals surface area contributed by atoms with Gasteiger partial charge in [-0.2, -0.15) is 0 Å². The number of rotatable bonds is 3. The largest absolute Gasteiger partial charge is 0.453 e. The van der Waals surface area contributed by atoms with E-state index in [-0.39, 0.29) is 0 Å². The number of anilines is 3. The highest BCUT2D eigenvalue weighted by atomic mass is 16.5. The summed E-state index contributed by atoms with van der Waals surface area (Å²) in [7, 11) is 0. The molecule has 2 heterocycles. The van der Waals surface area contributed by atoms with Crippen LogP contribution in [0.1, 0.15) is 0 Å². The van der Waals surface area contributed by atoms with Crippen molar-refractivity contribution in [2.75, 3.05) is 4.90 Å². The number of nitrogens with zero attached hydrogens (tertiary/aromatic N) is 1. The van der Waals surface area contributed by atoms with Crippen LogP contribution in [0.4, 0.5) is 17.1 Å². The van der Waals surface area contributed by atoms with Crippen LogP contribution in [0.2, 0.25) is 0 Å². The minimum absolute atomic E-state index is 0.784. The molecule has 0 spiro atoms. The Labute approximate surface area is 249 Å². The topological polar surface area (TPSA) is 21.7 Å². The summed E-state index contributed by atoms with van der Waals surface area (Å²) in [6.45, 7) is 0. The first-order valence-electron chi connectivity index (χ1n) is 14.5. The van der Waals surface area contributed by atoms with E-state index < -0.39 is 0 Å². The Bertz CT molecular complexity index is 2180. The minimum Gasteiger partial charge on any atom is -0.453 e. The van der Waals surface area contributed by atoms with Gasteiger partial charge in [0, 0.05) is 0 Å². The van der Waals surface area contributed by atoms with E-state index in [2.05, 4.69) is 132 Å². The van der Waals surface area contributed by atoms with Crippen molar-refractivity contribution in [1.82, 2.24) is 0 Å². The molecule has 7 aromatic rings. The molecular formula is C40H25NO2. The van der Waals surface area contributed by atoms with Gasteiger partial charge in [-0.25, -0.2) is 0 Å². The summed E-state index contributed by atoms with van der Waals surface area (Å²) in [6.07, 6.45) is 0. The second-order valence-electron chi connectivity index (χ2n) is 11.0. The molecular weight excluding hydrogens is 526 g/mol. The van der Waals surface area contributed by atoms with E-state index in [1.807, 2.05) is 24.3 Å². The van der Waals surface area contributed by atoms with Gasteiger partial charge in [-0.3, -0.25) is 4.90 Å². The lowest BCUT2D eigenvalue weighted by molar-refractivity contribution is 0.446. The van der Waals surface area contributed by atoms with Crippen molar-refractivity contribution in [2.45, 2.75) is 0 Å². The third-order valence-electron chi connectivity index (χ3n) is 8.45. The molecule has 7 aromatic carbocycles. The summed E-state index contributed by atoms with van der Waals surface area (Å²) in [4.78, 5) is 2.27. The van der Waals surface area contributed by atoms with Gasteiger partial charge >= 0.3 is 0 Å². The Morgan fingerprint density at radius 3 is 1.60 bits per heavy atom. The highest BCUT2D eigenvalue weighted by Crippen LogP contribution is 2.60. The Balaban J connectivity index is 1.11. The van der Waals surface area contributed by atoms with Gasteiger partial charge in [-0.05, 0) is 80.6 Å². The molecule has 0 saturated carbocycles. The van der Waals surface area contributed by atoms with E-state index >= 15 is 0 Å². The molecule has 2 aliphatic heterocycles. The first-order valence-corrected chi connectivity index (χ1v) is 14.5. The summed E-state index contributed by atoms with van der Waals surface area (Å²) in [5.41, 5.74) is 9.90. The van der Waals surface area contributed by atoms with Gasteiger partial charge in [-0.1, -0.05) is 115 Å². The molecule has 202 valence electrons. The standard InChI is InChI=1S/C40H25NO2/c1-2-8-26(9-3-1)30-20-22-34-38(24-30)42-36-14-7-15-37-40(36)41(34)35-23-21-31(25-39(35)43-37)27-16-18-29(19-17-27)33-13-6-11-28-10-4-5-12-32(28)33/h1-25H. The lowest BCUT2D eigenvalue weighted by atomic mass is 9.96. The van der Waals surface area contributed by atoms with Crippen LogP contribution >= 0.6 is 0 Å². The molecule has 0 atom stereocenters. The molecule has 0 aromatic heterocycles. The van der Waals surface area contributed by atoms with Gasteiger partial charge in [0.1, 0.15) is 5.69 Å². The quantitative estimate of drug-likeness (QED) is 0.218. The van der Waals surface area contributed by atoms with Crippen LogP contribution < -0.4 is 14.4 Å². The fourth-order valence-corrected chi connectivity index (χ4v) is 6.37. The first kappa shape index (κ1) is 23.9. The highest BCUT2D eigenvalue weighted by molar-refractivity contribution is 5.97. The van der Waals surface area contributed by atoms with E-state index in [4.69, 9.17) is 9.47 Å². The van der Waals surface area contributed by atoms with Crippen molar-refractivity contribution in [3.8, 4) is 56.4 Å². The average Bonchev–Trinajstić information content (AvgIpc) is 3.08. The molecule has 9 rings (SSSR count). The van der Waals surface area contributed by atoms with E-state index in [1.54, 1.807) is 0 Å². The summed E-state index contributed by atoms with van der Waals surface area (Å²) >= 11 is 0. The van der Waals surface area contributed by atoms with Crippen LogP contribution in [-0.4, -0.2) is 0 Å². The zero-order chi connectivity index (χ0) is 28.3. The third-order valence-corrected chi connectivity index (χ3v) is 8.45. The summed E-state index contributed by atoms with van der Waals surface area (Å²) < 4.78 is 13.0. The van der Waals surface area contributed by atoms with E-state index in [9.17, 15) is 0 Å². The fourth-order valence-electron chi connectivity index (χ4n) is 6.37. The number of hydrogen-bond donors (Lipinski definition) is 0. The Morgan fingerprint density at radius 2 is 0.907 bits per heavy atom. The predicted molar refractivity (Wildman–Crippen MR) is 175 cm³/mol. The van der Waals surface area contributed by atoms with Crippen molar-refractivity contribution in [2.24, 2.45) is 0 Å². The molecule has 3 nitrogen and oxygen atoms in total.